The minimum Gasteiger partial charge on any atom is -0.394 e. The zero-order valence-electron chi connectivity index (χ0n) is 27.4. The van der Waals surface area contributed by atoms with Crippen molar-refractivity contribution < 1.29 is 64.6 Å². The molecule has 3 fully saturated rings. The number of amides is 1. The second-order valence-corrected chi connectivity index (χ2v) is 13.4. The maximum absolute atomic E-state index is 13.9. The Bertz CT molecular complexity index is 825. The summed E-state index contributed by atoms with van der Waals surface area (Å²) in [6, 6.07) is -0.895. The molecule has 2 aliphatic heterocycles. The van der Waals surface area contributed by atoms with Gasteiger partial charge in [0.15, 0.2) is 12.6 Å². The van der Waals surface area contributed by atoms with Crippen LogP contribution in [0.25, 0.3) is 0 Å². The number of hydrogen-bond acceptors (Lipinski definition) is 13. The van der Waals surface area contributed by atoms with E-state index in [2.05, 4.69) is 19.2 Å². The molecule has 270 valence electrons. The van der Waals surface area contributed by atoms with E-state index in [1.807, 2.05) is 0 Å². The number of unbranched alkanes of at least 4 members (excludes halogenated alkanes) is 2. The smallest absolute Gasteiger partial charge is 0.220 e. The van der Waals surface area contributed by atoms with Gasteiger partial charge in [0, 0.05) is 6.42 Å². The first kappa shape index (κ1) is 39.4. The normalized spacial score (nSPS) is 35.2. The number of carbonyl (C=O) groups excluding carboxylic acids is 1. The molecule has 0 radical (unpaired) electrons. The average molecular weight is 666 g/mol. The summed E-state index contributed by atoms with van der Waals surface area (Å²) < 4.78 is 22.4. The lowest BCUT2D eigenvalue weighted by atomic mass is 9.62. The van der Waals surface area contributed by atoms with Crippen molar-refractivity contribution in [3.8, 4) is 0 Å². The molecule has 14 heteroatoms. The number of nitrogens with one attached hydrogen (secondary N) is 1. The van der Waals surface area contributed by atoms with Gasteiger partial charge >= 0.3 is 0 Å². The molecule has 1 amide bonds. The van der Waals surface area contributed by atoms with Gasteiger partial charge in [-0.15, -0.1) is 0 Å². The zero-order chi connectivity index (χ0) is 33.9. The average Bonchev–Trinajstić information content (AvgIpc) is 3.06. The Morgan fingerprint density at radius 1 is 0.739 bits per heavy atom. The number of aliphatic hydroxyl groups is 8. The molecule has 1 saturated carbocycles. The molecular formula is C32H59NO13. The van der Waals surface area contributed by atoms with Crippen molar-refractivity contribution in [1.82, 2.24) is 5.32 Å². The standard InChI is InChI=1S/C32H59NO13/c1-3-5-12-32(13-6-4-2,19-10-8-7-9-11-19)14-23(36)33-20(17-43-30-28(41)26(39)24(37)21(15-34)45-30)18-44-31-29(42)27(40)25(38)22(16-35)46-31/h19-22,24-31,34-35,37-42H,3-18H2,1-2H3,(H,33,36)/t20?,21?,22?,24-,25-,26?,27?,28+,29+,30+,31+/m1/s1. The third-order valence-electron chi connectivity index (χ3n) is 10.0. The van der Waals surface area contributed by atoms with E-state index in [1.165, 1.54) is 6.42 Å². The van der Waals surface area contributed by atoms with Crippen LogP contribution in [0.15, 0.2) is 0 Å². The SMILES string of the molecule is CCCCC(CCCC)(CC(=O)NC(CO[C@H]1OC(CO)[C@@H](O)C(O)[C@@H]1O)CO[C@H]1OC(CO)[C@@H](O)C(O)[C@@H]1O)C1CCCCC1. The topological polar surface area (TPSA) is 228 Å². The minimum absolute atomic E-state index is 0.169. The molecule has 46 heavy (non-hydrogen) atoms. The summed E-state index contributed by atoms with van der Waals surface area (Å²) in [6.07, 6.45) is -3.09. The van der Waals surface area contributed by atoms with Gasteiger partial charge in [-0.05, 0) is 37.0 Å². The predicted octanol–water partition coefficient (Wildman–Crippen LogP) is -0.559. The van der Waals surface area contributed by atoms with E-state index in [4.69, 9.17) is 18.9 Å². The molecule has 10 atom stereocenters. The van der Waals surface area contributed by atoms with Gasteiger partial charge in [0.05, 0.1) is 32.5 Å². The lowest BCUT2D eigenvalue weighted by Gasteiger charge is -2.43. The van der Waals surface area contributed by atoms with Crippen molar-refractivity contribution in [2.75, 3.05) is 26.4 Å². The summed E-state index contributed by atoms with van der Waals surface area (Å²) in [5.74, 6) is 0.205. The van der Waals surface area contributed by atoms with Crippen LogP contribution in [0, 0.1) is 11.3 Å². The van der Waals surface area contributed by atoms with Crippen LogP contribution >= 0.6 is 0 Å². The van der Waals surface area contributed by atoms with Crippen LogP contribution < -0.4 is 5.32 Å². The largest absolute Gasteiger partial charge is 0.394 e. The molecule has 1 aliphatic carbocycles. The van der Waals surface area contributed by atoms with Gasteiger partial charge in [-0.1, -0.05) is 58.8 Å². The van der Waals surface area contributed by atoms with Gasteiger partial charge in [0.2, 0.25) is 5.91 Å². The molecule has 3 rings (SSSR count). The van der Waals surface area contributed by atoms with Crippen LogP contribution in [0.4, 0.5) is 0 Å². The maximum atomic E-state index is 13.9. The molecule has 2 saturated heterocycles. The molecule has 2 heterocycles. The highest BCUT2D eigenvalue weighted by molar-refractivity contribution is 5.77. The van der Waals surface area contributed by atoms with Crippen molar-refractivity contribution in [3.05, 3.63) is 0 Å². The third kappa shape index (κ3) is 10.3. The van der Waals surface area contributed by atoms with E-state index in [1.54, 1.807) is 0 Å². The van der Waals surface area contributed by atoms with E-state index in [0.29, 0.717) is 12.3 Å². The zero-order valence-corrected chi connectivity index (χ0v) is 27.4. The quantitative estimate of drug-likeness (QED) is 0.0896. The molecule has 0 aromatic carbocycles. The molecule has 4 unspecified atom stereocenters. The molecule has 0 spiro atoms. The Morgan fingerprint density at radius 2 is 1.20 bits per heavy atom. The molecule has 0 bridgehead atoms. The van der Waals surface area contributed by atoms with Crippen LogP contribution in [-0.4, -0.2) is 141 Å². The fourth-order valence-corrected chi connectivity index (χ4v) is 7.19. The van der Waals surface area contributed by atoms with Crippen LogP contribution in [-0.2, 0) is 23.7 Å². The Hall–Kier alpha value is -1.01. The Morgan fingerprint density at radius 3 is 1.61 bits per heavy atom. The summed E-state index contributed by atoms with van der Waals surface area (Å²) in [5, 5.41) is 83.7. The van der Waals surface area contributed by atoms with Gasteiger partial charge in [-0.2, -0.15) is 0 Å². The Labute approximate surface area is 272 Å². The van der Waals surface area contributed by atoms with Gasteiger partial charge < -0.3 is 65.1 Å². The first-order valence-corrected chi connectivity index (χ1v) is 17.1. The van der Waals surface area contributed by atoms with E-state index in [9.17, 15) is 45.6 Å². The molecule has 14 nitrogen and oxygen atoms in total. The Balaban J connectivity index is 1.78. The molecule has 3 aliphatic rings. The van der Waals surface area contributed by atoms with Crippen molar-refractivity contribution >= 4 is 5.91 Å². The van der Waals surface area contributed by atoms with Crippen molar-refractivity contribution in [2.24, 2.45) is 11.3 Å². The second-order valence-electron chi connectivity index (χ2n) is 13.4. The maximum Gasteiger partial charge on any atom is 0.220 e. The number of hydrogen-bond donors (Lipinski definition) is 9. The first-order valence-electron chi connectivity index (χ1n) is 17.1. The van der Waals surface area contributed by atoms with Gasteiger partial charge in [-0.25, -0.2) is 0 Å². The van der Waals surface area contributed by atoms with Crippen molar-refractivity contribution in [3.63, 3.8) is 0 Å². The van der Waals surface area contributed by atoms with Gasteiger partial charge in [0.1, 0.15) is 48.8 Å². The summed E-state index contributed by atoms with van der Waals surface area (Å²) in [4.78, 5) is 13.9. The highest BCUT2D eigenvalue weighted by atomic mass is 16.7. The van der Waals surface area contributed by atoms with E-state index in [0.717, 1.165) is 64.2 Å². The lowest BCUT2D eigenvalue weighted by molar-refractivity contribution is -0.309. The van der Waals surface area contributed by atoms with E-state index in [-0.39, 0.29) is 24.5 Å². The van der Waals surface area contributed by atoms with E-state index < -0.39 is 80.7 Å². The van der Waals surface area contributed by atoms with Crippen LogP contribution in [0.3, 0.4) is 0 Å². The monoisotopic (exact) mass is 665 g/mol. The van der Waals surface area contributed by atoms with Crippen LogP contribution in [0.2, 0.25) is 0 Å². The number of carbonyl (C=O) groups is 1. The van der Waals surface area contributed by atoms with E-state index >= 15 is 0 Å². The van der Waals surface area contributed by atoms with Crippen LogP contribution in [0.1, 0.15) is 90.9 Å². The van der Waals surface area contributed by atoms with Crippen molar-refractivity contribution in [1.29, 1.82) is 0 Å². The summed E-state index contributed by atoms with van der Waals surface area (Å²) in [7, 11) is 0. The Kier molecular flexibility index (Phi) is 16.5. The summed E-state index contributed by atoms with van der Waals surface area (Å²) in [5.41, 5.74) is -0.169. The molecule has 0 aromatic rings. The predicted molar refractivity (Wildman–Crippen MR) is 164 cm³/mol. The summed E-state index contributed by atoms with van der Waals surface area (Å²) >= 11 is 0. The molecule has 0 aromatic heterocycles. The molecule has 9 N–H and O–H groups in total. The van der Waals surface area contributed by atoms with Crippen LogP contribution in [0.5, 0.6) is 0 Å². The minimum atomic E-state index is -1.65. The first-order chi connectivity index (χ1) is 22.0. The third-order valence-corrected chi connectivity index (χ3v) is 10.0. The van der Waals surface area contributed by atoms with Crippen molar-refractivity contribution in [2.45, 2.75) is 158 Å². The summed E-state index contributed by atoms with van der Waals surface area (Å²) in [6.45, 7) is 2.43. The highest BCUT2D eigenvalue weighted by Gasteiger charge is 2.46. The van der Waals surface area contributed by atoms with Gasteiger partial charge in [0.25, 0.3) is 0 Å². The fraction of sp³-hybridized carbons (Fsp3) is 0.969. The lowest BCUT2D eigenvalue weighted by Crippen LogP contribution is -2.60. The number of ether oxygens (including phenoxy) is 4. The van der Waals surface area contributed by atoms with Gasteiger partial charge in [-0.3, -0.25) is 4.79 Å². The fourth-order valence-electron chi connectivity index (χ4n) is 7.19. The molecular weight excluding hydrogens is 606 g/mol. The highest BCUT2D eigenvalue weighted by Crippen LogP contribution is 2.48. The number of rotatable bonds is 18. The number of aliphatic hydroxyl groups excluding tert-OH is 8. The second kappa shape index (κ2) is 19.2.